The number of hydrogen-bond donors (Lipinski definition) is 2. The summed E-state index contributed by atoms with van der Waals surface area (Å²) >= 11 is 0. The molecule has 20 heavy (non-hydrogen) atoms. The number of sulfonamides is 1. The lowest BCUT2D eigenvalue weighted by Crippen LogP contribution is -2.23. The second-order valence-electron chi connectivity index (χ2n) is 4.06. The van der Waals surface area contributed by atoms with Crippen LogP contribution in [0.15, 0.2) is 27.9 Å². The van der Waals surface area contributed by atoms with Crippen LogP contribution < -0.4 is 4.72 Å². The largest absolute Gasteiger partial charge is 0.444 e. The van der Waals surface area contributed by atoms with Crippen LogP contribution in [-0.2, 0) is 29.5 Å². The quantitative estimate of drug-likeness (QED) is 0.739. The molecule has 2 heterocycles. The second kappa shape index (κ2) is 6.16. The van der Waals surface area contributed by atoms with Crippen LogP contribution in [0, 0.1) is 0 Å². The monoisotopic (exact) mass is 300 g/mol. The van der Waals surface area contributed by atoms with Gasteiger partial charge in [0, 0.05) is 12.6 Å². The van der Waals surface area contributed by atoms with E-state index in [1.807, 2.05) is 6.92 Å². The van der Waals surface area contributed by atoms with Crippen molar-refractivity contribution in [3.63, 3.8) is 0 Å². The molecule has 0 aliphatic carbocycles. The molecule has 0 fully saturated rings. The lowest BCUT2D eigenvalue weighted by molar-refractivity contribution is 0.269. The fraction of sp³-hybridized carbons (Fsp3) is 0.455. The Labute approximate surface area is 116 Å². The SMILES string of the molecule is CCc1cnc(CNS(=O)(=O)c2cnn(CCO)c2)o1. The number of rotatable bonds is 7. The van der Waals surface area contributed by atoms with E-state index >= 15 is 0 Å². The maximum Gasteiger partial charge on any atom is 0.244 e. The average molecular weight is 300 g/mol. The molecule has 0 unspecified atom stereocenters. The van der Waals surface area contributed by atoms with Gasteiger partial charge < -0.3 is 9.52 Å². The summed E-state index contributed by atoms with van der Waals surface area (Å²) in [7, 11) is -3.67. The zero-order valence-corrected chi connectivity index (χ0v) is 11.8. The number of aromatic nitrogens is 3. The van der Waals surface area contributed by atoms with Crippen LogP contribution in [0.25, 0.3) is 0 Å². The third kappa shape index (κ3) is 3.44. The van der Waals surface area contributed by atoms with Crippen LogP contribution in [0.1, 0.15) is 18.6 Å². The smallest absolute Gasteiger partial charge is 0.244 e. The van der Waals surface area contributed by atoms with Crippen molar-refractivity contribution >= 4 is 10.0 Å². The molecule has 0 spiro atoms. The summed E-state index contributed by atoms with van der Waals surface area (Å²) in [5.41, 5.74) is 0. The standard InChI is InChI=1S/C11H16N4O4S/c1-2-9-5-12-11(19-9)7-14-20(17,18)10-6-13-15(8-10)3-4-16/h5-6,8,14,16H,2-4,7H2,1H3. The minimum Gasteiger partial charge on any atom is -0.444 e. The van der Waals surface area contributed by atoms with E-state index in [2.05, 4.69) is 14.8 Å². The van der Waals surface area contributed by atoms with Crippen molar-refractivity contribution in [1.29, 1.82) is 0 Å². The van der Waals surface area contributed by atoms with Crippen LogP contribution in [0.4, 0.5) is 0 Å². The minimum absolute atomic E-state index is 0.0203. The highest BCUT2D eigenvalue weighted by molar-refractivity contribution is 7.89. The van der Waals surface area contributed by atoms with Crippen molar-refractivity contribution in [2.24, 2.45) is 0 Å². The van der Waals surface area contributed by atoms with E-state index in [0.717, 1.165) is 0 Å². The Balaban J connectivity index is 2.02. The first-order valence-electron chi connectivity index (χ1n) is 6.11. The zero-order chi connectivity index (χ0) is 14.6. The molecule has 0 aliphatic rings. The summed E-state index contributed by atoms with van der Waals surface area (Å²) in [6.45, 7) is 2.04. The van der Waals surface area contributed by atoms with Gasteiger partial charge in [0.25, 0.3) is 0 Å². The highest BCUT2D eigenvalue weighted by Crippen LogP contribution is 2.09. The molecule has 0 saturated heterocycles. The molecular weight excluding hydrogens is 284 g/mol. The fourth-order valence-electron chi connectivity index (χ4n) is 1.54. The molecule has 2 aromatic heterocycles. The molecule has 0 amide bonds. The molecule has 0 aromatic carbocycles. The molecule has 2 rings (SSSR count). The number of oxazole rings is 1. The van der Waals surface area contributed by atoms with E-state index in [4.69, 9.17) is 9.52 Å². The van der Waals surface area contributed by atoms with Gasteiger partial charge in [0.1, 0.15) is 10.7 Å². The summed E-state index contributed by atoms with van der Waals surface area (Å²) in [6.07, 6.45) is 4.85. The predicted octanol–water partition coefficient (Wildman–Crippen LogP) is -0.0957. The number of nitrogens with zero attached hydrogens (tertiary/aromatic N) is 3. The molecule has 0 atom stereocenters. The molecule has 0 aliphatic heterocycles. The Bertz CT molecular complexity index is 662. The average Bonchev–Trinajstić information content (AvgIpc) is 3.06. The number of hydrogen-bond acceptors (Lipinski definition) is 6. The van der Waals surface area contributed by atoms with Crippen molar-refractivity contribution in [1.82, 2.24) is 19.5 Å². The minimum atomic E-state index is -3.67. The molecule has 9 heteroatoms. The van der Waals surface area contributed by atoms with Gasteiger partial charge in [-0.05, 0) is 0 Å². The maximum atomic E-state index is 12.0. The number of aryl methyl sites for hydroxylation is 1. The van der Waals surface area contributed by atoms with Crippen LogP contribution in [0.3, 0.4) is 0 Å². The van der Waals surface area contributed by atoms with E-state index in [1.165, 1.54) is 17.1 Å². The Morgan fingerprint density at radius 1 is 1.45 bits per heavy atom. The van der Waals surface area contributed by atoms with Crippen molar-refractivity contribution < 1.29 is 17.9 Å². The Morgan fingerprint density at radius 2 is 2.25 bits per heavy atom. The highest BCUT2D eigenvalue weighted by Gasteiger charge is 2.17. The first-order valence-corrected chi connectivity index (χ1v) is 7.60. The molecule has 0 bridgehead atoms. The summed E-state index contributed by atoms with van der Waals surface area (Å²) in [4.78, 5) is 4.01. The van der Waals surface area contributed by atoms with Gasteiger partial charge in [-0.1, -0.05) is 6.92 Å². The predicted molar refractivity (Wildman–Crippen MR) is 69.2 cm³/mol. The first kappa shape index (κ1) is 14.7. The molecule has 0 radical (unpaired) electrons. The van der Waals surface area contributed by atoms with Crippen molar-refractivity contribution in [3.05, 3.63) is 30.2 Å². The summed E-state index contributed by atoms with van der Waals surface area (Å²) in [5.74, 6) is 1.02. The number of nitrogens with one attached hydrogen (secondary N) is 1. The third-order valence-corrected chi connectivity index (χ3v) is 3.97. The lowest BCUT2D eigenvalue weighted by atomic mass is 10.4. The Hall–Kier alpha value is -1.71. The topological polar surface area (TPSA) is 110 Å². The number of aliphatic hydroxyl groups excluding tert-OH is 1. The van der Waals surface area contributed by atoms with Crippen molar-refractivity contribution in [2.45, 2.75) is 31.3 Å². The highest BCUT2D eigenvalue weighted by atomic mass is 32.2. The molecule has 0 saturated carbocycles. The van der Waals surface area contributed by atoms with Gasteiger partial charge in [-0.2, -0.15) is 5.10 Å². The molecule has 2 N–H and O–H groups in total. The molecule has 2 aromatic rings. The van der Waals surface area contributed by atoms with Gasteiger partial charge in [0.15, 0.2) is 0 Å². The van der Waals surface area contributed by atoms with Crippen LogP contribution >= 0.6 is 0 Å². The van der Waals surface area contributed by atoms with Gasteiger partial charge in [-0.25, -0.2) is 18.1 Å². The lowest BCUT2D eigenvalue weighted by Gasteiger charge is -2.01. The van der Waals surface area contributed by atoms with E-state index in [-0.39, 0.29) is 24.6 Å². The number of aliphatic hydroxyl groups is 1. The summed E-state index contributed by atoms with van der Waals surface area (Å²) in [5, 5.41) is 12.6. The summed E-state index contributed by atoms with van der Waals surface area (Å²) < 4.78 is 33.1. The van der Waals surface area contributed by atoms with Crippen LogP contribution in [-0.4, -0.2) is 34.9 Å². The zero-order valence-electron chi connectivity index (χ0n) is 11.0. The van der Waals surface area contributed by atoms with Gasteiger partial charge >= 0.3 is 0 Å². The Morgan fingerprint density at radius 3 is 2.90 bits per heavy atom. The second-order valence-corrected chi connectivity index (χ2v) is 5.83. The van der Waals surface area contributed by atoms with Crippen LogP contribution in [0.2, 0.25) is 0 Å². The maximum absolute atomic E-state index is 12.0. The van der Waals surface area contributed by atoms with E-state index in [1.54, 1.807) is 6.20 Å². The molecule has 110 valence electrons. The van der Waals surface area contributed by atoms with E-state index in [0.29, 0.717) is 18.1 Å². The van der Waals surface area contributed by atoms with Gasteiger partial charge in [0.2, 0.25) is 15.9 Å². The van der Waals surface area contributed by atoms with Crippen molar-refractivity contribution in [2.75, 3.05) is 6.61 Å². The van der Waals surface area contributed by atoms with Crippen LogP contribution in [0.5, 0.6) is 0 Å². The fourth-order valence-corrected chi connectivity index (χ4v) is 2.47. The van der Waals surface area contributed by atoms with Crippen molar-refractivity contribution in [3.8, 4) is 0 Å². The summed E-state index contributed by atoms with van der Waals surface area (Å²) in [6, 6.07) is 0. The van der Waals surface area contributed by atoms with E-state index < -0.39 is 10.0 Å². The molecular formula is C11H16N4O4S. The van der Waals surface area contributed by atoms with Gasteiger partial charge in [0.05, 0.1) is 32.1 Å². The first-order chi connectivity index (χ1) is 9.55. The van der Waals surface area contributed by atoms with E-state index in [9.17, 15) is 8.42 Å². The third-order valence-electron chi connectivity index (χ3n) is 2.61. The normalized spacial score (nSPS) is 11.9. The molecule has 8 nitrogen and oxygen atoms in total. The van der Waals surface area contributed by atoms with Gasteiger partial charge in [-0.3, -0.25) is 4.68 Å². The Kier molecular flexibility index (Phi) is 4.53. The van der Waals surface area contributed by atoms with Gasteiger partial charge in [-0.15, -0.1) is 0 Å².